The lowest BCUT2D eigenvalue weighted by molar-refractivity contribution is -0.118. The molecular weight excluding hydrogens is 388 g/mol. The molecule has 154 valence electrons. The van der Waals surface area contributed by atoms with Crippen molar-refractivity contribution in [3.63, 3.8) is 0 Å². The first-order valence-corrected chi connectivity index (χ1v) is 11.4. The fourth-order valence-electron chi connectivity index (χ4n) is 3.69. The van der Waals surface area contributed by atoms with Gasteiger partial charge in [-0.3, -0.25) is 9.59 Å². The fraction of sp³-hybridized carbons (Fsp3) is 0.364. The maximum absolute atomic E-state index is 12.8. The van der Waals surface area contributed by atoms with Crippen molar-refractivity contribution >= 4 is 21.7 Å². The number of benzene rings is 2. The van der Waals surface area contributed by atoms with Gasteiger partial charge in [0.15, 0.2) is 9.84 Å². The maximum Gasteiger partial charge on any atom is 0.253 e. The summed E-state index contributed by atoms with van der Waals surface area (Å²) in [4.78, 5) is 25.9. The number of nitrogens with zero attached hydrogens (tertiary/aromatic N) is 1. The van der Waals surface area contributed by atoms with Crippen LogP contribution in [-0.4, -0.2) is 38.2 Å². The maximum atomic E-state index is 12.8. The minimum absolute atomic E-state index is 0.0637. The van der Waals surface area contributed by atoms with Crippen molar-refractivity contribution in [1.82, 2.24) is 4.90 Å². The number of rotatable bonds is 7. The van der Waals surface area contributed by atoms with Crippen LogP contribution in [0.25, 0.3) is 0 Å². The summed E-state index contributed by atoms with van der Waals surface area (Å²) >= 11 is 0. The molecule has 0 radical (unpaired) electrons. The summed E-state index contributed by atoms with van der Waals surface area (Å²) in [5.41, 5.74) is 6.41. The van der Waals surface area contributed by atoms with Crippen LogP contribution in [0.4, 0.5) is 0 Å². The molecule has 1 aliphatic rings. The van der Waals surface area contributed by atoms with Gasteiger partial charge in [0.2, 0.25) is 5.91 Å². The Labute approximate surface area is 171 Å². The smallest absolute Gasteiger partial charge is 0.253 e. The second kappa shape index (κ2) is 9.22. The van der Waals surface area contributed by atoms with Crippen molar-refractivity contribution in [2.75, 3.05) is 13.1 Å². The molecule has 0 aromatic heterocycles. The number of carbonyl (C=O) groups excluding carboxylic acids is 2. The van der Waals surface area contributed by atoms with Crippen LogP contribution in [0.15, 0.2) is 59.5 Å². The average molecular weight is 415 g/mol. The van der Waals surface area contributed by atoms with Crippen LogP contribution in [0.2, 0.25) is 0 Å². The van der Waals surface area contributed by atoms with Crippen LogP contribution in [0.3, 0.4) is 0 Å². The van der Waals surface area contributed by atoms with E-state index in [9.17, 15) is 18.0 Å². The van der Waals surface area contributed by atoms with Crippen molar-refractivity contribution in [2.45, 2.75) is 36.3 Å². The zero-order valence-corrected chi connectivity index (χ0v) is 17.1. The zero-order chi connectivity index (χ0) is 20.9. The van der Waals surface area contributed by atoms with Gasteiger partial charge in [0, 0.05) is 25.1 Å². The Kier molecular flexibility index (Phi) is 6.69. The van der Waals surface area contributed by atoms with E-state index in [1.807, 2.05) is 4.90 Å². The Hall–Kier alpha value is -2.67. The van der Waals surface area contributed by atoms with Gasteiger partial charge in [0.05, 0.1) is 10.6 Å². The van der Waals surface area contributed by atoms with Gasteiger partial charge >= 0.3 is 0 Å². The topological polar surface area (TPSA) is 97.5 Å². The van der Waals surface area contributed by atoms with E-state index in [2.05, 4.69) is 0 Å². The first kappa shape index (κ1) is 21.0. The number of sulfone groups is 1. The molecule has 0 spiro atoms. The third-order valence-electron chi connectivity index (χ3n) is 5.27. The van der Waals surface area contributed by atoms with Crippen molar-refractivity contribution in [3.8, 4) is 0 Å². The Morgan fingerprint density at radius 2 is 1.72 bits per heavy atom. The molecule has 2 amide bonds. The Morgan fingerprint density at radius 1 is 1.03 bits per heavy atom. The molecule has 1 aliphatic heterocycles. The minimum atomic E-state index is -3.42. The van der Waals surface area contributed by atoms with Crippen LogP contribution in [0.5, 0.6) is 0 Å². The molecule has 0 bridgehead atoms. The van der Waals surface area contributed by atoms with Crippen molar-refractivity contribution in [2.24, 2.45) is 11.7 Å². The monoisotopic (exact) mass is 414 g/mol. The number of piperidine rings is 1. The Bertz CT molecular complexity index is 956. The van der Waals surface area contributed by atoms with E-state index in [0.29, 0.717) is 37.1 Å². The number of hydrogen-bond donors (Lipinski definition) is 1. The van der Waals surface area contributed by atoms with Gasteiger partial charge in [0.25, 0.3) is 5.91 Å². The van der Waals surface area contributed by atoms with Crippen LogP contribution in [-0.2, 0) is 20.4 Å². The van der Waals surface area contributed by atoms with Gasteiger partial charge < -0.3 is 10.6 Å². The minimum Gasteiger partial charge on any atom is -0.370 e. The summed E-state index contributed by atoms with van der Waals surface area (Å²) in [5.74, 6) is -0.194. The molecule has 29 heavy (non-hydrogen) atoms. The molecule has 0 aliphatic carbocycles. The number of hydrogen-bond acceptors (Lipinski definition) is 4. The molecule has 7 heteroatoms. The van der Waals surface area contributed by atoms with Gasteiger partial charge in [-0.1, -0.05) is 30.3 Å². The van der Waals surface area contributed by atoms with E-state index < -0.39 is 9.84 Å². The molecule has 2 N–H and O–H groups in total. The third-order valence-corrected chi connectivity index (χ3v) is 6.97. The van der Waals surface area contributed by atoms with E-state index in [1.54, 1.807) is 54.6 Å². The lowest BCUT2D eigenvalue weighted by Gasteiger charge is -2.32. The summed E-state index contributed by atoms with van der Waals surface area (Å²) in [7, 11) is -3.42. The van der Waals surface area contributed by atoms with Gasteiger partial charge in [0.1, 0.15) is 0 Å². The quantitative estimate of drug-likeness (QED) is 0.753. The number of amides is 2. The van der Waals surface area contributed by atoms with E-state index in [0.717, 1.165) is 12.8 Å². The lowest BCUT2D eigenvalue weighted by Crippen LogP contribution is -2.40. The number of carbonyl (C=O) groups is 2. The number of primary amides is 1. The highest BCUT2D eigenvalue weighted by Gasteiger charge is 2.25. The van der Waals surface area contributed by atoms with Crippen LogP contribution in [0, 0.1) is 5.92 Å². The Balaban J connectivity index is 1.63. The highest BCUT2D eigenvalue weighted by molar-refractivity contribution is 7.90. The molecule has 0 saturated carbocycles. The SMILES string of the molecule is NC(=O)CCC1CCCN(C(=O)c2ccc(CS(=O)(=O)c3ccccc3)cc2)C1. The fourth-order valence-corrected chi connectivity index (χ4v) is 5.06. The Morgan fingerprint density at radius 3 is 2.38 bits per heavy atom. The largest absolute Gasteiger partial charge is 0.370 e. The van der Waals surface area contributed by atoms with E-state index in [-0.39, 0.29) is 28.4 Å². The molecule has 1 unspecified atom stereocenters. The molecule has 1 fully saturated rings. The molecule has 2 aromatic carbocycles. The molecular formula is C22H26N2O4S. The van der Waals surface area contributed by atoms with Gasteiger partial charge in [-0.15, -0.1) is 0 Å². The second-order valence-corrected chi connectivity index (χ2v) is 9.52. The highest BCUT2D eigenvalue weighted by atomic mass is 32.2. The predicted molar refractivity (Wildman–Crippen MR) is 111 cm³/mol. The standard InChI is InChI=1S/C22H26N2O4S/c23-21(25)13-10-17-5-4-14-24(15-17)22(26)19-11-8-18(9-12-19)16-29(27,28)20-6-2-1-3-7-20/h1-3,6-9,11-12,17H,4-5,10,13-16H2,(H2,23,25). The van der Waals surface area contributed by atoms with Crippen LogP contribution >= 0.6 is 0 Å². The summed E-state index contributed by atoms with van der Waals surface area (Å²) in [6.45, 7) is 1.31. The molecule has 1 atom stereocenters. The summed E-state index contributed by atoms with van der Waals surface area (Å²) in [6.07, 6.45) is 2.95. The number of nitrogens with two attached hydrogens (primary N) is 1. The number of likely N-dealkylation sites (tertiary alicyclic amines) is 1. The lowest BCUT2D eigenvalue weighted by atomic mass is 9.93. The summed E-state index contributed by atoms with van der Waals surface area (Å²) in [5, 5.41) is 0. The van der Waals surface area contributed by atoms with Crippen molar-refractivity contribution < 1.29 is 18.0 Å². The zero-order valence-electron chi connectivity index (χ0n) is 16.3. The van der Waals surface area contributed by atoms with Crippen molar-refractivity contribution in [3.05, 3.63) is 65.7 Å². The summed E-state index contributed by atoms with van der Waals surface area (Å²) < 4.78 is 25.0. The molecule has 6 nitrogen and oxygen atoms in total. The average Bonchev–Trinajstić information content (AvgIpc) is 2.73. The van der Waals surface area contributed by atoms with Crippen molar-refractivity contribution in [1.29, 1.82) is 0 Å². The van der Waals surface area contributed by atoms with E-state index >= 15 is 0 Å². The van der Waals surface area contributed by atoms with E-state index in [4.69, 9.17) is 5.73 Å². The normalized spacial score (nSPS) is 17.1. The molecule has 2 aromatic rings. The first-order valence-electron chi connectivity index (χ1n) is 9.79. The van der Waals surface area contributed by atoms with Gasteiger partial charge in [-0.2, -0.15) is 0 Å². The van der Waals surface area contributed by atoms with Crippen LogP contribution < -0.4 is 5.73 Å². The second-order valence-electron chi connectivity index (χ2n) is 7.53. The van der Waals surface area contributed by atoms with E-state index in [1.165, 1.54) is 0 Å². The van der Waals surface area contributed by atoms with Gasteiger partial charge in [-0.25, -0.2) is 8.42 Å². The highest BCUT2D eigenvalue weighted by Crippen LogP contribution is 2.23. The molecule has 3 rings (SSSR count). The van der Waals surface area contributed by atoms with Crippen LogP contribution in [0.1, 0.15) is 41.6 Å². The first-order chi connectivity index (χ1) is 13.8. The van der Waals surface area contributed by atoms with Gasteiger partial charge in [-0.05, 0) is 55.0 Å². The third kappa shape index (κ3) is 5.67. The summed E-state index contributed by atoms with van der Waals surface area (Å²) in [6, 6.07) is 15.1. The molecule has 1 saturated heterocycles. The predicted octanol–water partition coefficient (Wildman–Crippen LogP) is 2.78. The molecule has 1 heterocycles.